The second kappa shape index (κ2) is 8.85. The van der Waals surface area contributed by atoms with Gasteiger partial charge in [-0.15, -0.1) is 0 Å². The molecule has 10 heteroatoms. The molecule has 1 saturated heterocycles. The average molecular weight is 480 g/mol. The third-order valence-electron chi connectivity index (χ3n) is 6.15. The van der Waals surface area contributed by atoms with E-state index in [1.54, 1.807) is 6.07 Å². The first-order chi connectivity index (χ1) is 16.3. The lowest BCUT2D eigenvalue weighted by molar-refractivity contribution is -0.121. The van der Waals surface area contributed by atoms with Gasteiger partial charge in [0.15, 0.2) is 5.82 Å². The normalized spacial score (nSPS) is 15.6. The summed E-state index contributed by atoms with van der Waals surface area (Å²) in [4.78, 5) is 38.2. The van der Waals surface area contributed by atoms with Crippen molar-refractivity contribution >= 4 is 30.5 Å². The monoisotopic (exact) mass is 480 g/mol. The van der Waals surface area contributed by atoms with Crippen molar-refractivity contribution < 1.29 is 23.6 Å². The number of hydrogen-bond acceptors (Lipinski definition) is 5. The van der Waals surface area contributed by atoms with Crippen LogP contribution in [-0.4, -0.2) is 50.1 Å². The molecule has 34 heavy (non-hydrogen) atoms. The van der Waals surface area contributed by atoms with Crippen LogP contribution < -0.4 is 10.8 Å². The number of hydrogen-bond donors (Lipinski definition) is 3. The molecule has 0 saturated carbocycles. The van der Waals surface area contributed by atoms with Gasteiger partial charge in [-0.25, -0.2) is 4.98 Å². The molecule has 0 unspecified atom stereocenters. The molecule has 1 aliphatic heterocycles. The molecule has 4 aromatic rings. The van der Waals surface area contributed by atoms with Gasteiger partial charge < -0.3 is 24.4 Å². The number of benzene rings is 1. The molecule has 176 valence electrons. The Balaban J connectivity index is 1.43. The van der Waals surface area contributed by atoms with E-state index in [-0.39, 0.29) is 17.3 Å². The van der Waals surface area contributed by atoms with Crippen molar-refractivity contribution in [1.29, 1.82) is 0 Å². The Morgan fingerprint density at radius 3 is 2.56 bits per heavy atom. The largest absolute Gasteiger partial charge is 0.448 e. The summed E-state index contributed by atoms with van der Waals surface area (Å²) in [5, 5.41) is 2.97. The van der Waals surface area contributed by atoms with Crippen LogP contribution in [0.5, 0.6) is 0 Å². The van der Waals surface area contributed by atoms with Gasteiger partial charge in [0, 0.05) is 11.5 Å². The molecule has 5 rings (SSSR count). The van der Waals surface area contributed by atoms with Crippen molar-refractivity contribution in [3.8, 4) is 22.6 Å². The van der Waals surface area contributed by atoms with E-state index in [2.05, 4.69) is 22.2 Å². The Bertz CT molecular complexity index is 1400. The summed E-state index contributed by atoms with van der Waals surface area (Å²) in [6.07, 6.45) is 3.48. The highest BCUT2D eigenvalue weighted by atomic mass is 31.2. The second-order valence-electron chi connectivity index (χ2n) is 8.59. The fraction of sp³-hybridized carbons (Fsp3) is 0.250. The van der Waals surface area contributed by atoms with Crippen LogP contribution >= 0.6 is 7.60 Å². The first-order valence-electron chi connectivity index (χ1n) is 11.0. The number of imidazole rings is 1. The number of rotatable bonds is 5. The molecule has 0 spiro atoms. The Morgan fingerprint density at radius 2 is 1.82 bits per heavy atom. The predicted octanol–water partition coefficient (Wildman–Crippen LogP) is 3.34. The van der Waals surface area contributed by atoms with Gasteiger partial charge in [-0.1, -0.05) is 24.3 Å². The molecular formula is C24H25N4O5P. The summed E-state index contributed by atoms with van der Waals surface area (Å²) in [5.74, 6) is 0.858. The van der Waals surface area contributed by atoms with Crippen molar-refractivity contribution in [2.75, 3.05) is 25.5 Å². The summed E-state index contributed by atoms with van der Waals surface area (Å²) in [6, 6.07) is 16.0. The number of fused-ring (bicyclic) bond motifs is 1. The van der Waals surface area contributed by atoms with E-state index in [1.165, 1.54) is 6.07 Å². The quantitative estimate of drug-likeness (QED) is 0.375. The maximum Gasteiger partial charge on any atom is 0.391 e. The number of likely N-dealkylation sites (tertiary alicyclic amines) is 1. The molecule has 0 radical (unpaired) electrons. The molecule has 1 aromatic carbocycles. The van der Waals surface area contributed by atoms with Gasteiger partial charge in [0.2, 0.25) is 11.4 Å². The van der Waals surface area contributed by atoms with Crippen LogP contribution in [0.1, 0.15) is 12.8 Å². The minimum atomic E-state index is -4.46. The minimum absolute atomic E-state index is 0.00117. The number of anilines is 1. The van der Waals surface area contributed by atoms with Crippen molar-refractivity contribution in [3.63, 3.8) is 0 Å². The zero-order valence-corrected chi connectivity index (χ0v) is 19.5. The lowest BCUT2D eigenvalue weighted by Gasteiger charge is -2.27. The highest BCUT2D eigenvalue weighted by Gasteiger charge is 2.24. The Morgan fingerprint density at radius 1 is 1.09 bits per heavy atom. The van der Waals surface area contributed by atoms with Gasteiger partial charge in [-0.2, -0.15) is 0 Å². The molecule has 1 fully saturated rings. The number of nitrogens with zero attached hydrogens (tertiary/aromatic N) is 3. The molecule has 0 bridgehead atoms. The number of furan rings is 1. The summed E-state index contributed by atoms with van der Waals surface area (Å²) in [6.45, 7) is 1.82. The average Bonchev–Trinajstić information content (AvgIpc) is 3.46. The number of aromatic nitrogens is 2. The number of carbonyl (C=O) groups excluding carboxylic acids is 1. The van der Waals surface area contributed by atoms with E-state index in [1.807, 2.05) is 53.1 Å². The van der Waals surface area contributed by atoms with Crippen LogP contribution in [0.15, 0.2) is 65.2 Å². The molecule has 3 N–H and O–H groups in total. The Hall–Kier alpha value is -3.23. The van der Waals surface area contributed by atoms with E-state index < -0.39 is 7.60 Å². The van der Waals surface area contributed by atoms with Crippen molar-refractivity contribution in [2.24, 2.45) is 5.92 Å². The van der Waals surface area contributed by atoms with Gasteiger partial charge >= 0.3 is 7.60 Å². The topological polar surface area (TPSA) is 120 Å². The third kappa shape index (κ3) is 4.56. The van der Waals surface area contributed by atoms with Crippen LogP contribution in [-0.2, 0) is 9.36 Å². The molecule has 0 atom stereocenters. The lowest BCUT2D eigenvalue weighted by Crippen LogP contribution is -2.35. The smallest absolute Gasteiger partial charge is 0.391 e. The molecule has 4 heterocycles. The van der Waals surface area contributed by atoms with Gasteiger partial charge in [0.25, 0.3) is 0 Å². The van der Waals surface area contributed by atoms with E-state index in [0.717, 1.165) is 37.2 Å². The number of nitrogens with one attached hydrogen (secondary N) is 1. The first-order valence-corrected chi connectivity index (χ1v) is 12.6. The van der Waals surface area contributed by atoms with Crippen molar-refractivity contribution in [3.05, 3.63) is 60.8 Å². The second-order valence-corrected chi connectivity index (χ2v) is 10.1. The van der Waals surface area contributed by atoms with Crippen LogP contribution in [0.25, 0.3) is 28.2 Å². The third-order valence-corrected chi connectivity index (χ3v) is 6.97. The zero-order chi connectivity index (χ0) is 23.9. The van der Waals surface area contributed by atoms with E-state index in [0.29, 0.717) is 22.8 Å². The van der Waals surface area contributed by atoms with Crippen LogP contribution in [0, 0.1) is 5.92 Å². The number of piperidine rings is 1. The van der Waals surface area contributed by atoms with Crippen molar-refractivity contribution in [1.82, 2.24) is 14.3 Å². The standard InChI is InChI=1S/C24H25N4O5P/c1-27-12-10-16(11-13-27)24(29)26-21-15-28-19(6-3-7-22(28)25-21)17-4-2-5-18(14-17)20-8-9-23(33-20)34(30,31)32/h2-9,14-16H,10-13H2,1H3,(H,26,29)(H2,30,31,32). The number of amides is 1. The fourth-order valence-corrected chi connectivity index (χ4v) is 4.76. The Labute approximate surface area is 196 Å². The van der Waals surface area contributed by atoms with Crippen LogP contribution in [0.3, 0.4) is 0 Å². The highest BCUT2D eigenvalue weighted by Crippen LogP contribution is 2.36. The summed E-state index contributed by atoms with van der Waals surface area (Å²) in [7, 11) is -2.39. The van der Waals surface area contributed by atoms with Gasteiger partial charge in [0.1, 0.15) is 11.4 Å². The van der Waals surface area contributed by atoms with Crippen LogP contribution in [0.4, 0.5) is 5.82 Å². The highest BCUT2D eigenvalue weighted by molar-refractivity contribution is 7.59. The fourth-order valence-electron chi connectivity index (χ4n) is 4.28. The van der Waals surface area contributed by atoms with Crippen molar-refractivity contribution in [2.45, 2.75) is 12.8 Å². The molecule has 9 nitrogen and oxygen atoms in total. The maximum atomic E-state index is 12.7. The molecule has 0 aliphatic carbocycles. The van der Waals surface area contributed by atoms with Gasteiger partial charge in [-0.3, -0.25) is 13.8 Å². The minimum Gasteiger partial charge on any atom is -0.448 e. The number of carbonyl (C=O) groups is 1. The summed E-state index contributed by atoms with van der Waals surface area (Å²) in [5.41, 5.74) is 2.74. The van der Waals surface area contributed by atoms with E-state index in [4.69, 9.17) is 4.42 Å². The van der Waals surface area contributed by atoms with Gasteiger partial charge in [0.05, 0.1) is 11.9 Å². The molecular weight excluding hydrogens is 455 g/mol. The summed E-state index contributed by atoms with van der Waals surface area (Å²) >= 11 is 0. The molecule has 1 aliphatic rings. The zero-order valence-electron chi connectivity index (χ0n) is 18.6. The van der Waals surface area contributed by atoms with Crippen LogP contribution in [0.2, 0.25) is 0 Å². The predicted molar refractivity (Wildman–Crippen MR) is 129 cm³/mol. The summed E-state index contributed by atoms with van der Waals surface area (Å²) < 4.78 is 18.8. The SMILES string of the molecule is CN1CCC(C(=O)Nc2cn3c(-c4cccc(-c5ccc(P(=O)(O)O)o5)c4)cccc3n2)CC1. The molecule has 3 aromatic heterocycles. The van der Waals surface area contributed by atoms with Gasteiger partial charge in [-0.05, 0) is 68.9 Å². The number of pyridine rings is 1. The Kier molecular flexibility index (Phi) is 5.87. The maximum absolute atomic E-state index is 12.7. The lowest BCUT2D eigenvalue weighted by atomic mass is 9.96. The van der Waals surface area contributed by atoms with E-state index >= 15 is 0 Å². The van der Waals surface area contributed by atoms with E-state index in [9.17, 15) is 19.1 Å². The molecule has 1 amide bonds. The first kappa shape index (κ1) is 22.6.